The van der Waals surface area contributed by atoms with E-state index in [2.05, 4.69) is 15.9 Å². The van der Waals surface area contributed by atoms with Gasteiger partial charge in [0.2, 0.25) is 0 Å². The number of hydrogen-bond donors (Lipinski definition) is 0. The van der Waals surface area contributed by atoms with Crippen molar-refractivity contribution in [2.75, 3.05) is 13.2 Å². The van der Waals surface area contributed by atoms with Gasteiger partial charge in [0.15, 0.2) is 4.67 Å². The fourth-order valence-electron chi connectivity index (χ4n) is 0.321. The molecule has 54 valence electrons. The molecule has 0 unspecified atom stereocenters. The molecule has 0 saturated heterocycles. The van der Waals surface area contributed by atoms with Crippen molar-refractivity contribution in [2.24, 2.45) is 0 Å². The number of halogens is 1. The van der Waals surface area contributed by atoms with Crippen molar-refractivity contribution in [3.8, 4) is 0 Å². The van der Waals surface area contributed by atoms with Crippen molar-refractivity contribution in [1.29, 1.82) is 0 Å². The Morgan fingerprint density at radius 2 is 2.11 bits per heavy atom. The average molecular weight is 195 g/mol. The van der Waals surface area contributed by atoms with Crippen molar-refractivity contribution in [1.82, 2.24) is 0 Å². The Labute approximate surface area is 64.0 Å². The summed E-state index contributed by atoms with van der Waals surface area (Å²) >= 11 is 3.15. The highest BCUT2D eigenvalue weighted by molar-refractivity contribution is 9.11. The Morgan fingerprint density at radius 1 is 1.44 bits per heavy atom. The van der Waals surface area contributed by atoms with E-state index in [1.165, 1.54) is 0 Å². The van der Waals surface area contributed by atoms with E-state index in [9.17, 15) is 0 Å². The van der Waals surface area contributed by atoms with Gasteiger partial charge >= 0.3 is 0 Å². The van der Waals surface area contributed by atoms with Crippen LogP contribution in [0.2, 0.25) is 0 Å². The minimum absolute atomic E-state index is 0.645. The number of ether oxygens (including phenoxy) is 2. The molecule has 0 fully saturated rings. The maximum atomic E-state index is 5.00. The molecule has 0 aromatic carbocycles. The lowest BCUT2D eigenvalue weighted by Crippen LogP contribution is -1.85. The zero-order valence-corrected chi connectivity index (χ0v) is 7.27. The van der Waals surface area contributed by atoms with Crippen LogP contribution in [0.1, 0.15) is 13.8 Å². The molecular weight excluding hydrogens is 184 g/mol. The summed E-state index contributed by atoms with van der Waals surface area (Å²) in [6, 6.07) is 0. The Kier molecular flexibility index (Phi) is 5.83. The largest absolute Gasteiger partial charge is 0.497 e. The lowest BCUT2D eigenvalue weighted by atomic mass is 10.8. The fraction of sp³-hybridized carbons (Fsp3) is 0.667. The highest BCUT2D eigenvalue weighted by atomic mass is 79.9. The van der Waals surface area contributed by atoms with Gasteiger partial charge in [-0.3, -0.25) is 0 Å². The minimum atomic E-state index is 0.645. The normalized spacial score (nSPS) is 11.2. The molecule has 0 N–H and O–H groups in total. The molecule has 0 aromatic rings. The molecule has 0 saturated carbocycles. The zero-order valence-electron chi connectivity index (χ0n) is 5.69. The van der Waals surface area contributed by atoms with Crippen LogP contribution in [-0.4, -0.2) is 13.2 Å². The van der Waals surface area contributed by atoms with Gasteiger partial charge in [0.05, 0.1) is 13.2 Å². The van der Waals surface area contributed by atoms with Gasteiger partial charge in [-0.05, 0) is 29.8 Å². The number of rotatable bonds is 4. The molecule has 0 aliphatic rings. The van der Waals surface area contributed by atoms with Crippen LogP contribution in [0.4, 0.5) is 0 Å². The minimum Gasteiger partial charge on any atom is -0.497 e. The standard InChI is InChI=1S/C6H11BrO2/c1-3-8-5-6(7)9-4-2/h5H,3-4H2,1-2H3/b6-5+. The topological polar surface area (TPSA) is 18.5 Å². The van der Waals surface area contributed by atoms with E-state index >= 15 is 0 Å². The molecule has 0 spiro atoms. The van der Waals surface area contributed by atoms with E-state index in [4.69, 9.17) is 9.47 Å². The Morgan fingerprint density at radius 3 is 2.56 bits per heavy atom. The summed E-state index contributed by atoms with van der Waals surface area (Å²) in [6.45, 7) is 5.16. The fourth-order valence-corrected chi connectivity index (χ4v) is 0.682. The summed E-state index contributed by atoms with van der Waals surface area (Å²) in [5.41, 5.74) is 0. The summed E-state index contributed by atoms with van der Waals surface area (Å²) in [6.07, 6.45) is 1.55. The molecule has 0 aromatic heterocycles. The van der Waals surface area contributed by atoms with Gasteiger partial charge in [-0.25, -0.2) is 0 Å². The first kappa shape index (κ1) is 8.82. The molecule has 0 atom stereocenters. The van der Waals surface area contributed by atoms with Gasteiger partial charge < -0.3 is 9.47 Å². The van der Waals surface area contributed by atoms with E-state index in [0.29, 0.717) is 17.9 Å². The molecule has 0 aliphatic carbocycles. The van der Waals surface area contributed by atoms with Crippen molar-refractivity contribution < 1.29 is 9.47 Å². The van der Waals surface area contributed by atoms with Gasteiger partial charge in [-0.1, -0.05) is 0 Å². The maximum Gasteiger partial charge on any atom is 0.196 e. The van der Waals surface area contributed by atoms with Gasteiger partial charge in [-0.2, -0.15) is 0 Å². The highest BCUT2D eigenvalue weighted by Crippen LogP contribution is 2.05. The summed E-state index contributed by atoms with van der Waals surface area (Å²) < 4.78 is 10.6. The average Bonchev–Trinajstić information content (AvgIpc) is 1.85. The van der Waals surface area contributed by atoms with Gasteiger partial charge in [0, 0.05) is 0 Å². The molecule has 0 amide bonds. The van der Waals surface area contributed by atoms with Gasteiger partial charge in [0.1, 0.15) is 6.26 Å². The van der Waals surface area contributed by atoms with Crippen LogP contribution in [-0.2, 0) is 9.47 Å². The first-order valence-electron chi connectivity index (χ1n) is 2.91. The summed E-state index contributed by atoms with van der Waals surface area (Å²) in [5.74, 6) is 0. The second-order valence-corrected chi connectivity index (χ2v) is 2.09. The smallest absolute Gasteiger partial charge is 0.196 e. The van der Waals surface area contributed by atoms with Crippen LogP contribution in [0.25, 0.3) is 0 Å². The first-order valence-corrected chi connectivity index (χ1v) is 3.70. The first-order chi connectivity index (χ1) is 4.31. The Bertz CT molecular complexity index is 91.1. The van der Waals surface area contributed by atoms with Crippen LogP contribution in [0.5, 0.6) is 0 Å². The van der Waals surface area contributed by atoms with Crippen molar-refractivity contribution in [3.63, 3.8) is 0 Å². The Balaban J connectivity index is 3.30. The van der Waals surface area contributed by atoms with Gasteiger partial charge in [0.25, 0.3) is 0 Å². The third kappa shape index (κ3) is 5.69. The quantitative estimate of drug-likeness (QED) is 0.640. The van der Waals surface area contributed by atoms with Crippen LogP contribution < -0.4 is 0 Å². The molecule has 0 rings (SSSR count). The second-order valence-electron chi connectivity index (χ2n) is 1.31. The Hall–Kier alpha value is -0.180. The van der Waals surface area contributed by atoms with E-state index in [-0.39, 0.29) is 0 Å². The van der Waals surface area contributed by atoms with E-state index in [1.807, 2.05) is 13.8 Å². The summed E-state index contributed by atoms with van der Waals surface area (Å²) in [7, 11) is 0. The third-order valence-electron chi connectivity index (χ3n) is 0.625. The van der Waals surface area contributed by atoms with Crippen LogP contribution >= 0.6 is 15.9 Å². The zero-order chi connectivity index (χ0) is 7.11. The van der Waals surface area contributed by atoms with Gasteiger partial charge in [-0.15, -0.1) is 0 Å². The number of hydrogen-bond acceptors (Lipinski definition) is 2. The molecule has 0 radical (unpaired) electrons. The van der Waals surface area contributed by atoms with E-state index < -0.39 is 0 Å². The highest BCUT2D eigenvalue weighted by Gasteiger charge is 1.86. The molecule has 0 heterocycles. The lowest BCUT2D eigenvalue weighted by molar-refractivity contribution is 0.215. The van der Waals surface area contributed by atoms with E-state index in [1.54, 1.807) is 6.26 Å². The lowest BCUT2D eigenvalue weighted by Gasteiger charge is -1.99. The van der Waals surface area contributed by atoms with Crippen LogP contribution in [0, 0.1) is 0 Å². The van der Waals surface area contributed by atoms with Crippen molar-refractivity contribution in [3.05, 3.63) is 10.9 Å². The van der Waals surface area contributed by atoms with Crippen LogP contribution in [0.3, 0.4) is 0 Å². The monoisotopic (exact) mass is 194 g/mol. The molecule has 0 bridgehead atoms. The predicted molar refractivity (Wildman–Crippen MR) is 40.3 cm³/mol. The summed E-state index contributed by atoms with van der Waals surface area (Å²) in [4.78, 5) is 0. The SMILES string of the molecule is CCO/C=C(\Br)OCC. The third-order valence-corrected chi connectivity index (χ3v) is 1.04. The van der Waals surface area contributed by atoms with Crippen molar-refractivity contribution >= 4 is 15.9 Å². The molecule has 9 heavy (non-hydrogen) atoms. The summed E-state index contributed by atoms with van der Waals surface area (Å²) in [5, 5.41) is 0. The molecule has 0 aliphatic heterocycles. The van der Waals surface area contributed by atoms with Crippen molar-refractivity contribution in [2.45, 2.75) is 13.8 Å². The van der Waals surface area contributed by atoms with Crippen LogP contribution in [0.15, 0.2) is 10.9 Å². The predicted octanol–water partition coefficient (Wildman–Crippen LogP) is 2.25. The second kappa shape index (κ2) is 5.95. The molecular formula is C6H11BrO2. The molecule has 3 heteroatoms. The molecule has 2 nitrogen and oxygen atoms in total. The maximum absolute atomic E-state index is 5.00. The van der Waals surface area contributed by atoms with E-state index in [0.717, 1.165) is 0 Å².